The van der Waals surface area contributed by atoms with Crippen molar-refractivity contribution in [2.45, 2.75) is 51.4 Å². The standard InChI is InChI=1S/C10H19N5OS/c1-5-8(4)11-9(16)6-17-10-12-13-14-15(10)7(2)3/h7-8H,5-6H2,1-4H3,(H,11,16)/t8-/m0/s1. The molecule has 96 valence electrons. The summed E-state index contributed by atoms with van der Waals surface area (Å²) in [5, 5.41) is 15.0. The Hall–Kier alpha value is -1.11. The molecule has 1 heterocycles. The van der Waals surface area contributed by atoms with Gasteiger partial charge in [-0.2, -0.15) is 0 Å². The normalized spacial score (nSPS) is 12.8. The van der Waals surface area contributed by atoms with Gasteiger partial charge >= 0.3 is 0 Å². The van der Waals surface area contributed by atoms with Gasteiger partial charge in [-0.3, -0.25) is 4.79 Å². The van der Waals surface area contributed by atoms with Gasteiger partial charge in [-0.05, 0) is 37.6 Å². The van der Waals surface area contributed by atoms with Gasteiger partial charge < -0.3 is 5.32 Å². The van der Waals surface area contributed by atoms with Gasteiger partial charge in [-0.25, -0.2) is 4.68 Å². The second-order valence-electron chi connectivity index (χ2n) is 4.17. The number of hydrogen-bond acceptors (Lipinski definition) is 5. The summed E-state index contributed by atoms with van der Waals surface area (Å²) in [6.45, 7) is 8.03. The minimum Gasteiger partial charge on any atom is -0.353 e. The summed E-state index contributed by atoms with van der Waals surface area (Å²) in [7, 11) is 0. The van der Waals surface area contributed by atoms with E-state index in [4.69, 9.17) is 0 Å². The summed E-state index contributed by atoms with van der Waals surface area (Å²) >= 11 is 1.36. The SMILES string of the molecule is CC[C@H](C)NC(=O)CSc1nnnn1C(C)C. The number of rotatable bonds is 6. The zero-order chi connectivity index (χ0) is 12.8. The van der Waals surface area contributed by atoms with Crippen molar-refractivity contribution >= 4 is 17.7 Å². The summed E-state index contributed by atoms with van der Waals surface area (Å²) in [5.41, 5.74) is 0. The van der Waals surface area contributed by atoms with Crippen molar-refractivity contribution in [1.82, 2.24) is 25.5 Å². The lowest BCUT2D eigenvalue weighted by molar-refractivity contribution is -0.119. The van der Waals surface area contributed by atoms with Gasteiger partial charge in [-0.1, -0.05) is 18.7 Å². The topological polar surface area (TPSA) is 72.7 Å². The summed E-state index contributed by atoms with van der Waals surface area (Å²) < 4.78 is 1.71. The Balaban J connectivity index is 2.45. The molecule has 0 fully saturated rings. The Morgan fingerprint density at radius 2 is 2.18 bits per heavy atom. The van der Waals surface area contributed by atoms with Gasteiger partial charge in [-0.15, -0.1) is 5.10 Å². The molecule has 7 heteroatoms. The van der Waals surface area contributed by atoms with E-state index in [2.05, 4.69) is 20.8 Å². The molecular formula is C10H19N5OS. The number of carbonyl (C=O) groups is 1. The number of thioether (sulfide) groups is 1. The Bertz CT molecular complexity index is 365. The first kappa shape index (κ1) is 14.0. The molecule has 1 aromatic heterocycles. The molecule has 1 N–H and O–H groups in total. The van der Waals surface area contributed by atoms with Crippen LogP contribution in [-0.2, 0) is 4.79 Å². The Labute approximate surface area is 106 Å². The maximum absolute atomic E-state index is 11.6. The smallest absolute Gasteiger partial charge is 0.230 e. The molecule has 1 aromatic rings. The van der Waals surface area contributed by atoms with E-state index in [1.165, 1.54) is 11.8 Å². The van der Waals surface area contributed by atoms with Gasteiger partial charge in [0.15, 0.2) is 0 Å². The van der Waals surface area contributed by atoms with Gasteiger partial charge in [0.1, 0.15) is 0 Å². The Morgan fingerprint density at radius 3 is 2.76 bits per heavy atom. The minimum atomic E-state index is 0.0163. The average molecular weight is 257 g/mol. The highest BCUT2D eigenvalue weighted by atomic mass is 32.2. The van der Waals surface area contributed by atoms with Gasteiger partial charge in [0.2, 0.25) is 11.1 Å². The van der Waals surface area contributed by atoms with Crippen LogP contribution in [0.4, 0.5) is 0 Å². The van der Waals surface area contributed by atoms with Crippen LogP contribution in [0.3, 0.4) is 0 Å². The van der Waals surface area contributed by atoms with Gasteiger partial charge in [0.05, 0.1) is 11.8 Å². The third kappa shape index (κ3) is 4.33. The van der Waals surface area contributed by atoms with Crippen LogP contribution >= 0.6 is 11.8 Å². The fraction of sp³-hybridized carbons (Fsp3) is 0.800. The maximum atomic E-state index is 11.6. The highest BCUT2D eigenvalue weighted by molar-refractivity contribution is 7.99. The summed E-state index contributed by atoms with van der Waals surface area (Å²) in [6, 6.07) is 0.411. The predicted molar refractivity (Wildman–Crippen MR) is 66.8 cm³/mol. The molecule has 0 aliphatic heterocycles. The van der Waals surface area contributed by atoms with Crippen LogP contribution in [0, 0.1) is 0 Å². The number of amides is 1. The average Bonchev–Trinajstić information content (AvgIpc) is 2.74. The van der Waals surface area contributed by atoms with Gasteiger partial charge in [0.25, 0.3) is 0 Å². The minimum absolute atomic E-state index is 0.0163. The molecule has 0 bridgehead atoms. The third-order valence-electron chi connectivity index (χ3n) is 2.30. The molecule has 1 amide bonds. The number of aromatic nitrogens is 4. The molecule has 0 saturated heterocycles. The second-order valence-corrected chi connectivity index (χ2v) is 5.11. The van der Waals surface area contributed by atoms with E-state index in [1.54, 1.807) is 4.68 Å². The first-order valence-electron chi connectivity index (χ1n) is 5.74. The lowest BCUT2D eigenvalue weighted by atomic mass is 10.3. The molecule has 0 aliphatic carbocycles. The molecule has 0 spiro atoms. The number of tetrazole rings is 1. The van der Waals surface area contributed by atoms with Crippen LogP contribution in [0.15, 0.2) is 5.16 Å². The number of nitrogens with one attached hydrogen (secondary N) is 1. The largest absolute Gasteiger partial charge is 0.353 e. The van der Waals surface area contributed by atoms with Crippen molar-refractivity contribution in [1.29, 1.82) is 0 Å². The molecule has 0 aliphatic rings. The fourth-order valence-electron chi connectivity index (χ4n) is 1.15. The molecule has 0 aromatic carbocycles. The second kappa shape index (κ2) is 6.58. The Morgan fingerprint density at radius 1 is 1.47 bits per heavy atom. The molecular weight excluding hydrogens is 238 g/mol. The molecule has 0 radical (unpaired) electrons. The van der Waals surface area contributed by atoms with E-state index in [1.807, 2.05) is 27.7 Å². The van der Waals surface area contributed by atoms with Crippen molar-refractivity contribution < 1.29 is 4.79 Å². The highest BCUT2D eigenvalue weighted by Crippen LogP contribution is 2.16. The van der Waals surface area contributed by atoms with Crippen molar-refractivity contribution in [2.75, 3.05) is 5.75 Å². The molecule has 6 nitrogen and oxygen atoms in total. The van der Waals surface area contributed by atoms with Crippen LogP contribution in [0.5, 0.6) is 0 Å². The fourth-order valence-corrected chi connectivity index (χ4v) is 1.97. The summed E-state index contributed by atoms with van der Waals surface area (Å²) in [4.78, 5) is 11.6. The van der Waals surface area contributed by atoms with Crippen molar-refractivity contribution in [3.63, 3.8) is 0 Å². The van der Waals surface area contributed by atoms with Gasteiger partial charge in [0, 0.05) is 6.04 Å². The van der Waals surface area contributed by atoms with Crippen LogP contribution in [0.25, 0.3) is 0 Å². The number of nitrogens with zero attached hydrogens (tertiary/aromatic N) is 4. The van der Waals surface area contributed by atoms with Crippen molar-refractivity contribution in [3.05, 3.63) is 0 Å². The first-order valence-corrected chi connectivity index (χ1v) is 6.73. The predicted octanol–water partition coefficient (Wildman–Crippen LogP) is 1.26. The molecule has 1 rings (SSSR count). The molecule has 1 atom stereocenters. The third-order valence-corrected chi connectivity index (χ3v) is 3.24. The zero-order valence-electron chi connectivity index (χ0n) is 10.7. The first-order chi connectivity index (χ1) is 8.04. The van der Waals surface area contributed by atoms with E-state index in [0.717, 1.165) is 6.42 Å². The van der Waals surface area contributed by atoms with E-state index in [0.29, 0.717) is 10.9 Å². The zero-order valence-corrected chi connectivity index (χ0v) is 11.5. The number of hydrogen-bond donors (Lipinski definition) is 1. The van der Waals surface area contributed by atoms with E-state index in [9.17, 15) is 4.79 Å². The van der Waals surface area contributed by atoms with Crippen LogP contribution in [0.1, 0.15) is 40.2 Å². The lowest BCUT2D eigenvalue weighted by Crippen LogP contribution is -2.33. The quantitative estimate of drug-likeness (QED) is 0.777. The van der Waals surface area contributed by atoms with Crippen LogP contribution in [-0.4, -0.2) is 37.9 Å². The number of carbonyl (C=O) groups excluding carboxylic acids is 1. The maximum Gasteiger partial charge on any atom is 0.230 e. The molecule has 0 unspecified atom stereocenters. The Kier molecular flexibility index (Phi) is 5.40. The summed E-state index contributed by atoms with van der Waals surface area (Å²) in [5.74, 6) is 0.361. The van der Waals surface area contributed by atoms with Crippen molar-refractivity contribution in [2.24, 2.45) is 0 Å². The van der Waals surface area contributed by atoms with E-state index < -0.39 is 0 Å². The lowest BCUT2D eigenvalue weighted by Gasteiger charge is -2.11. The highest BCUT2D eigenvalue weighted by Gasteiger charge is 2.12. The van der Waals surface area contributed by atoms with Crippen molar-refractivity contribution in [3.8, 4) is 0 Å². The van der Waals surface area contributed by atoms with Crippen LogP contribution < -0.4 is 5.32 Å². The molecule has 0 saturated carbocycles. The van der Waals surface area contributed by atoms with Crippen LogP contribution in [0.2, 0.25) is 0 Å². The van der Waals surface area contributed by atoms with E-state index >= 15 is 0 Å². The monoisotopic (exact) mass is 257 g/mol. The molecule has 17 heavy (non-hydrogen) atoms. The summed E-state index contributed by atoms with van der Waals surface area (Å²) in [6.07, 6.45) is 0.931. The van der Waals surface area contributed by atoms with E-state index in [-0.39, 0.29) is 18.0 Å².